The third-order valence-corrected chi connectivity index (χ3v) is 8.53. The molecule has 184 valence electrons. The lowest BCUT2D eigenvalue weighted by molar-refractivity contribution is 0.0702. The molecule has 12 heteroatoms. The van der Waals surface area contributed by atoms with E-state index in [4.69, 9.17) is 32.7 Å². The van der Waals surface area contributed by atoms with Crippen LogP contribution in [0.3, 0.4) is 0 Å². The molecule has 2 aromatic heterocycles. The molecule has 1 aliphatic heterocycles. The molecule has 1 amide bonds. The first-order chi connectivity index (χ1) is 16.7. The Kier molecular flexibility index (Phi) is 6.06. The molecule has 3 atom stereocenters. The number of ether oxygens (including phenoxy) is 2. The summed E-state index contributed by atoms with van der Waals surface area (Å²) in [5.41, 5.74) is 1.88. The van der Waals surface area contributed by atoms with Gasteiger partial charge in [-0.15, -0.1) is 0 Å². The molecular formula is C23H22Cl2N4O5S. The Balaban J connectivity index is 1.31. The van der Waals surface area contributed by atoms with Gasteiger partial charge in [0.1, 0.15) is 22.1 Å². The maximum atomic E-state index is 12.7. The summed E-state index contributed by atoms with van der Waals surface area (Å²) in [6.07, 6.45) is 0. The molecule has 5 rings (SSSR count). The third-order valence-electron chi connectivity index (χ3n) is 6.48. The molecule has 0 spiro atoms. The highest BCUT2D eigenvalue weighted by molar-refractivity contribution is 7.17. The van der Waals surface area contributed by atoms with E-state index in [1.54, 1.807) is 25.1 Å². The zero-order valence-electron chi connectivity index (χ0n) is 19.0. The summed E-state index contributed by atoms with van der Waals surface area (Å²) in [7, 11) is 3.07. The Labute approximate surface area is 215 Å². The predicted molar refractivity (Wildman–Crippen MR) is 134 cm³/mol. The number of piperidine rings is 1. The van der Waals surface area contributed by atoms with Crippen LogP contribution in [0.2, 0.25) is 10.0 Å². The molecule has 1 saturated heterocycles. The fourth-order valence-corrected chi connectivity index (χ4v) is 5.94. The van der Waals surface area contributed by atoms with Crippen molar-refractivity contribution in [1.82, 2.24) is 15.3 Å². The van der Waals surface area contributed by atoms with Gasteiger partial charge in [0.2, 0.25) is 0 Å². The quantitative estimate of drug-likeness (QED) is 0.411. The minimum Gasteiger partial charge on any atom is -0.497 e. The van der Waals surface area contributed by atoms with Gasteiger partial charge in [0.05, 0.1) is 30.0 Å². The molecule has 3 heterocycles. The SMILES string of the molecule is COc1cc(OC)cc(-c2nc(N3C[C@@H]4[C@H](C3)[C@@H]4NC(=O)c3[nH]c(C)c(Cl)c3Cl)sc2C(=O)O)c1. The number of H-pyrrole nitrogens is 1. The second-order valence-corrected chi connectivity index (χ2v) is 10.3. The average molecular weight is 537 g/mol. The number of aromatic carboxylic acids is 1. The van der Waals surface area contributed by atoms with E-state index in [0.717, 1.165) is 11.3 Å². The van der Waals surface area contributed by atoms with E-state index in [9.17, 15) is 14.7 Å². The topological polar surface area (TPSA) is 117 Å². The van der Waals surface area contributed by atoms with Crippen molar-refractivity contribution in [3.8, 4) is 22.8 Å². The van der Waals surface area contributed by atoms with Gasteiger partial charge in [0, 0.05) is 48.3 Å². The maximum absolute atomic E-state index is 12.7. The van der Waals surface area contributed by atoms with E-state index in [2.05, 4.69) is 20.2 Å². The number of thiazole rings is 1. The number of carboxylic acid groups (broad SMARTS) is 1. The van der Waals surface area contributed by atoms with Crippen LogP contribution in [0, 0.1) is 18.8 Å². The van der Waals surface area contributed by atoms with Gasteiger partial charge in [-0.05, 0) is 19.1 Å². The molecule has 3 aromatic rings. The lowest BCUT2D eigenvalue weighted by Crippen LogP contribution is -2.34. The third kappa shape index (κ3) is 4.19. The fraction of sp³-hybridized carbons (Fsp3) is 0.348. The highest BCUT2D eigenvalue weighted by atomic mass is 35.5. The van der Waals surface area contributed by atoms with Crippen molar-refractivity contribution in [2.24, 2.45) is 11.8 Å². The number of nitrogens with zero attached hydrogens (tertiary/aromatic N) is 2. The summed E-state index contributed by atoms with van der Waals surface area (Å²) in [6.45, 7) is 3.09. The van der Waals surface area contributed by atoms with E-state index in [1.807, 2.05) is 0 Å². The molecule has 1 aliphatic carbocycles. The summed E-state index contributed by atoms with van der Waals surface area (Å²) >= 11 is 13.4. The van der Waals surface area contributed by atoms with Crippen LogP contribution in [0.1, 0.15) is 25.9 Å². The van der Waals surface area contributed by atoms with E-state index >= 15 is 0 Å². The van der Waals surface area contributed by atoms with Crippen LogP contribution in [0.4, 0.5) is 5.13 Å². The van der Waals surface area contributed by atoms with Crippen molar-refractivity contribution < 1.29 is 24.2 Å². The number of amides is 1. The van der Waals surface area contributed by atoms with Crippen molar-refractivity contribution in [3.63, 3.8) is 0 Å². The predicted octanol–water partition coefficient (Wildman–Crippen LogP) is 4.33. The van der Waals surface area contributed by atoms with Gasteiger partial charge in [0.15, 0.2) is 5.13 Å². The molecule has 2 fully saturated rings. The summed E-state index contributed by atoms with van der Waals surface area (Å²) in [6, 6.07) is 5.22. The van der Waals surface area contributed by atoms with Crippen LogP contribution >= 0.6 is 34.5 Å². The number of hydrogen-bond acceptors (Lipinski definition) is 7. The van der Waals surface area contributed by atoms with E-state index in [0.29, 0.717) is 51.7 Å². The van der Waals surface area contributed by atoms with Gasteiger partial charge >= 0.3 is 5.97 Å². The van der Waals surface area contributed by atoms with Crippen LogP contribution in [-0.2, 0) is 0 Å². The van der Waals surface area contributed by atoms with Crippen molar-refractivity contribution >= 4 is 51.5 Å². The number of aromatic amines is 1. The Morgan fingerprint density at radius 3 is 2.29 bits per heavy atom. The summed E-state index contributed by atoms with van der Waals surface area (Å²) in [4.78, 5) is 34.5. The number of carbonyl (C=O) groups is 2. The number of aryl methyl sites for hydroxylation is 1. The van der Waals surface area contributed by atoms with Gasteiger partial charge in [-0.3, -0.25) is 4.79 Å². The molecular weight excluding hydrogens is 515 g/mol. The number of fused-ring (bicyclic) bond motifs is 1. The number of rotatable bonds is 7. The fourth-order valence-electron chi connectivity index (χ4n) is 4.58. The Morgan fingerprint density at radius 2 is 1.77 bits per heavy atom. The van der Waals surface area contributed by atoms with Gasteiger partial charge in [-0.2, -0.15) is 0 Å². The molecule has 0 radical (unpaired) electrons. The van der Waals surface area contributed by atoms with Crippen LogP contribution in [0.15, 0.2) is 18.2 Å². The molecule has 3 N–H and O–H groups in total. The van der Waals surface area contributed by atoms with Crippen LogP contribution in [-0.4, -0.2) is 60.3 Å². The second-order valence-electron chi connectivity index (χ2n) is 8.57. The number of carboxylic acids is 1. The Hall–Kier alpha value is -2.95. The number of carbonyl (C=O) groups excluding carboxylic acids is 1. The van der Waals surface area contributed by atoms with Crippen LogP contribution in [0.25, 0.3) is 11.3 Å². The minimum atomic E-state index is -1.04. The molecule has 35 heavy (non-hydrogen) atoms. The van der Waals surface area contributed by atoms with Crippen molar-refractivity contribution in [3.05, 3.63) is 44.5 Å². The highest BCUT2D eigenvalue weighted by Gasteiger charge is 2.57. The van der Waals surface area contributed by atoms with Crippen molar-refractivity contribution in [1.29, 1.82) is 0 Å². The van der Waals surface area contributed by atoms with E-state index in [1.165, 1.54) is 14.2 Å². The first-order valence-electron chi connectivity index (χ1n) is 10.8. The summed E-state index contributed by atoms with van der Waals surface area (Å²) < 4.78 is 10.6. The number of aromatic nitrogens is 2. The molecule has 2 aliphatic rings. The smallest absolute Gasteiger partial charge is 0.348 e. The monoisotopic (exact) mass is 536 g/mol. The van der Waals surface area contributed by atoms with Gasteiger partial charge < -0.3 is 29.8 Å². The second kappa shape index (κ2) is 8.92. The molecule has 1 aromatic carbocycles. The first-order valence-corrected chi connectivity index (χ1v) is 12.4. The van der Waals surface area contributed by atoms with Crippen molar-refractivity contribution in [2.75, 3.05) is 32.2 Å². The number of anilines is 1. The first kappa shape index (κ1) is 23.8. The van der Waals surface area contributed by atoms with Gasteiger partial charge in [-0.1, -0.05) is 34.5 Å². The lowest BCUT2D eigenvalue weighted by atomic mass is 10.1. The van der Waals surface area contributed by atoms with Gasteiger partial charge in [0.25, 0.3) is 5.91 Å². The number of benzene rings is 1. The van der Waals surface area contributed by atoms with Crippen molar-refractivity contribution in [2.45, 2.75) is 13.0 Å². The molecule has 1 saturated carbocycles. The summed E-state index contributed by atoms with van der Waals surface area (Å²) in [5, 5.41) is 14.0. The summed E-state index contributed by atoms with van der Waals surface area (Å²) in [5.74, 6) is 0.266. The highest BCUT2D eigenvalue weighted by Crippen LogP contribution is 2.48. The van der Waals surface area contributed by atoms with Crippen LogP contribution < -0.4 is 19.7 Å². The number of hydrogen-bond donors (Lipinski definition) is 3. The van der Waals surface area contributed by atoms with Crippen LogP contribution in [0.5, 0.6) is 11.5 Å². The zero-order valence-corrected chi connectivity index (χ0v) is 21.3. The molecule has 0 bridgehead atoms. The molecule has 9 nitrogen and oxygen atoms in total. The number of methoxy groups -OCH3 is 2. The Morgan fingerprint density at radius 1 is 1.14 bits per heavy atom. The lowest BCUT2D eigenvalue weighted by Gasteiger charge is -2.19. The molecule has 0 unspecified atom stereocenters. The van der Waals surface area contributed by atoms with E-state index < -0.39 is 5.97 Å². The number of nitrogens with one attached hydrogen (secondary N) is 2. The minimum absolute atomic E-state index is 0.0261. The average Bonchev–Trinajstić information content (AvgIpc) is 3.24. The van der Waals surface area contributed by atoms with E-state index in [-0.39, 0.29) is 39.4 Å². The zero-order chi connectivity index (χ0) is 25.0. The maximum Gasteiger partial charge on any atom is 0.348 e. The largest absolute Gasteiger partial charge is 0.497 e. The normalized spacial score (nSPS) is 20.5. The standard InChI is InChI=1S/C23H22Cl2N4O5S/c1-9-15(24)16(25)19(26-9)21(30)27-18-13-7-29(8-14(13)18)23-28-17(20(35-23)22(31)32)10-4-11(33-2)6-12(5-10)34-3/h4-6,13-14,18,26H,7-8H2,1-3H3,(H,27,30)(H,31,32)/t13-,14+,18-. The Bertz CT molecular complexity index is 1310. The van der Waals surface area contributed by atoms with Gasteiger partial charge in [-0.25, -0.2) is 9.78 Å². The number of halogens is 2.